The van der Waals surface area contributed by atoms with Gasteiger partial charge in [0.2, 0.25) is 0 Å². The maximum atomic E-state index is 12.4. The maximum absolute atomic E-state index is 12.4. The average Bonchev–Trinajstić information content (AvgIpc) is 2.52. The number of rotatable bonds is 7. The summed E-state index contributed by atoms with van der Waals surface area (Å²) in [5.74, 6) is -0.430. The normalized spacial score (nSPS) is 12.4. The van der Waals surface area contributed by atoms with Gasteiger partial charge in [-0.3, -0.25) is 4.90 Å². The van der Waals surface area contributed by atoms with E-state index in [0.29, 0.717) is 6.54 Å². The Morgan fingerprint density at radius 1 is 1.17 bits per heavy atom. The Hall–Kier alpha value is -2.04. The number of carbonyl (C=O) groups excluding carboxylic acids is 2. The van der Waals surface area contributed by atoms with Crippen molar-refractivity contribution in [3.05, 3.63) is 35.9 Å². The molecule has 5 heteroatoms. The molecule has 134 valence electrons. The Morgan fingerprint density at radius 3 is 2.33 bits per heavy atom. The molecular formula is C19H29NO4. The van der Waals surface area contributed by atoms with Crippen molar-refractivity contribution in [2.75, 3.05) is 6.54 Å². The summed E-state index contributed by atoms with van der Waals surface area (Å²) >= 11 is 0. The zero-order valence-electron chi connectivity index (χ0n) is 15.4. The number of hydrogen-bond acceptors (Lipinski definition) is 4. The van der Waals surface area contributed by atoms with Gasteiger partial charge in [0.05, 0.1) is 0 Å². The van der Waals surface area contributed by atoms with Crippen LogP contribution in [0.3, 0.4) is 0 Å². The van der Waals surface area contributed by atoms with Crippen LogP contribution >= 0.6 is 0 Å². The molecule has 0 bridgehead atoms. The van der Waals surface area contributed by atoms with Gasteiger partial charge in [0.25, 0.3) is 0 Å². The van der Waals surface area contributed by atoms with Crippen molar-refractivity contribution in [2.24, 2.45) is 0 Å². The van der Waals surface area contributed by atoms with Gasteiger partial charge in [0.1, 0.15) is 18.2 Å². The standard InChI is InChI=1S/C19H29NO4/c1-6-7-13-20(18(22)24-19(3,4)5)15(2)17(21)23-14-16-11-9-8-10-12-16/h8-12,15H,6-7,13-14H2,1-5H3. The van der Waals surface area contributed by atoms with Crippen molar-refractivity contribution >= 4 is 12.1 Å². The second kappa shape index (κ2) is 9.30. The molecule has 1 aromatic carbocycles. The van der Waals surface area contributed by atoms with Gasteiger partial charge in [0, 0.05) is 6.54 Å². The topological polar surface area (TPSA) is 55.8 Å². The van der Waals surface area contributed by atoms with E-state index < -0.39 is 23.7 Å². The van der Waals surface area contributed by atoms with E-state index in [1.54, 1.807) is 27.7 Å². The Kier molecular flexibility index (Phi) is 7.75. The predicted molar refractivity (Wildman–Crippen MR) is 93.5 cm³/mol. The molecule has 0 N–H and O–H groups in total. The molecule has 0 aromatic heterocycles. The zero-order valence-corrected chi connectivity index (χ0v) is 15.4. The van der Waals surface area contributed by atoms with E-state index in [9.17, 15) is 9.59 Å². The van der Waals surface area contributed by atoms with Crippen LogP contribution in [0, 0.1) is 0 Å². The van der Waals surface area contributed by atoms with E-state index >= 15 is 0 Å². The molecule has 0 spiro atoms. The molecule has 0 saturated heterocycles. The van der Waals surface area contributed by atoms with Gasteiger partial charge < -0.3 is 9.47 Å². The molecule has 0 aliphatic heterocycles. The molecule has 1 rings (SSSR count). The third-order valence-corrected chi connectivity index (χ3v) is 3.41. The van der Waals surface area contributed by atoms with Crippen LogP contribution in [0.1, 0.15) is 53.0 Å². The quantitative estimate of drug-likeness (QED) is 0.702. The van der Waals surface area contributed by atoms with Crippen LogP contribution in [0.4, 0.5) is 4.79 Å². The van der Waals surface area contributed by atoms with E-state index in [1.165, 1.54) is 4.90 Å². The molecule has 0 saturated carbocycles. The molecule has 1 unspecified atom stereocenters. The third kappa shape index (κ3) is 7.02. The first kappa shape index (κ1) is 20.0. The summed E-state index contributed by atoms with van der Waals surface area (Å²) in [5, 5.41) is 0. The summed E-state index contributed by atoms with van der Waals surface area (Å²) in [6, 6.07) is 8.78. The number of ether oxygens (including phenoxy) is 2. The van der Waals surface area contributed by atoms with Gasteiger partial charge in [-0.15, -0.1) is 0 Å². The van der Waals surface area contributed by atoms with E-state index in [-0.39, 0.29) is 6.61 Å². The van der Waals surface area contributed by atoms with Gasteiger partial charge in [-0.1, -0.05) is 43.7 Å². The minimum Gasteiger partial charge on any atom is -0.459 e. The van der Waals surface area contributed by atoms with Crippen LogP contribution in [0.5, 0.6) is 0 Å². The lowest BCUT2D eigenvalue weighted by molar-refractivity contribution is -0.150. The molecule has 5 nitrogen and oxygen atoms in total. The highest BCUT2D eigenvalue weighted by Crippen LogP contribution is 2.14. The highest BCUT2D eigenvalue weighted by molar-refractivity contribution is 5.81. The number of hydrogen-bond donors (Lipinski definition) is 0. The molecule has 0 fully saturated rings. The van der Waals surface area contributed by atoms with Gasteiger partial charge in [-0.25, -0.2) is 9.59 Å². The van der Waals surface area contributed by atoms with Crippen LogP contribution < -0.4 is 0 Å². The lowest BCUT2D eigenvalue weighted by Crippen LogP contribution is -2.46. The first-order valence-corrected chi connectivity index (χ1v) is 8.44. The predicted octanol–water partition coefficient (Wildman–Crippen LogP) is 4.16. The number of benzene rings is 1. The number of esters is 1. The fourth-order valence-electron chi connectivity index (χ4n) is 2.07. The first-order valence-electron chi connectivity index (χ1n) is 8.44. The van der Waals surface area contributed by atoms with Gasteiger partial charge in [-0.2, -0.15) is 0 Å². The Balaban J connectivity index is 2.69. The van der Waals surface area contributed by atoms with Crippen molar-refractivity contribution in [1.29, 1.82) is 0 Å². The largest absolute Gasteiger partial charge is 0.459 e. The minimum absolute atomic E-state index is 0.194. The molecule has 0 heterocycles. The summed E-state index contributed by atoms with van der Waals surface area (Å²) in [4.78, 5) is 26.1. The van der Waals surface area contributed by atoms with Crippen LogP contribution in [0.25, 0.3) is 0 Å². The average molecular weight is 335 g/mol. The molecule has 1 aromatic rings. The molecule has 24 heavy (non-hydrogen) atoms. The highest BCUT2D eigenvalue weighted by atomic mass is 16.6. The van der Waals surface area contributed by atoms with E-state index in [1.807, 2.05) is 37.3 Å². The van der Waals surface area contributed by atoms with E-state index in [4.69, 9.17) is 9.47 Å². The second-order valence-electron chi connectivity index (χ2n) is 6.80. The van der Waals surface area contributed by atoms with Crippen LogP contribution in [-0.2, 0) is 20.9 Å². The van der Waals surface area contributed by atoms with Crippen LogP contribution in [-0.4, -0.2) is 35.2 Å². The van der Waals surface area contributed by atoms with Gasteiger partial charge in [0.15, 0.2) is 0 Å². The molecule has 0 aliphatic rings. The monoisotopic (exact) mass is 335 g/mol. The summed E-state index contributed by atoms with van der Waals surface area (Å²) in [6.07, 6.45) is 1.24. The number of carbonyl (C=O) groups is 2. The number of unbranched alkanes of at least 4 members (excludes halogenated alkanes) is 1. The van der Waals surface area contributed by atoms with Crippen molar-refractivity contribution in [3.63, 3.8) is 0 Å². The van der Waals surface area contributed by atoms with Gasteiger partial charge in [-0.05, 0) is 39.7 Å². The highest BCUT2D eigenvalue weighted by Gasteiger charge is 2.30. The number of amides is 1. The summed E-state index contributed by atoms with van der Waals surface area (Å²) in [5.41, 5.74) is 0.310. The molecule has 1 atom stereocenters. The van der Waals surface area contributed by atoms with Crippen LogP contribution in [0.15, 0.2) is 30.3 Å². The lowest BCUT2D eigenvalue weighted by atomic mass is 10.2. The zero-order chi connectivity index (χ0) is 18.2. The number of nitrogens with zero attached hydrogens (tertiary/aromatic N) is 1. The van der Waals surface area contributed by atoms with Crippen molar-refractivity contribution in [3.8, 4) is 0 Å². The summed E-state index contributed by atoms with van der Waals surface area (Å²) in [6.45, 7) is 9.79. The lowest BCUT2D eigenvalue weighted by Gasteiger charge is -2.30. The Morgan fingerprint density at radius 2 is 1.79 bits per heavy atom. The molecule has 0 radical (unpaired) electrons. The summed E-state index contributed by atoms with van der Waals surface area (Å²) < 4.78 is 10.8. The first-order chi connectivity index (χ1) is 11.2. The molecule has 0 aliphatic carbocycles. The van der Waals surface area contributed by atoms with E-state index in [2.05, 4.69) is 0 Å². The van der Waals surface area contributed by atoms with Crippen molar-refractivity contribution in [2.45, 2.75) is 65.7 Å². The van der Waals surface area contributed by atoms with E-state index in [0.717, 1.165) is 18.4 Å². The molecule has 1 amide bonds. The van der Waals surface area contributed by atoms with Gasteiger partial charge >= 0.3 is 12.1 Å². The maximum Gasteiger partial charge on any atom is 0.411 e. The second-order valence-corrected chi connectivity index (χ2v) is 6.80. The van der Waals surface area contributed by atoms with Crippen molar-refractivity contribution in [1.82, 2.24) is 4.90 Å². The fraction of sp³-hybridized carbons (Fsp3) is 0.579. The SMILES string of the molecule is CCCCN(C(=O)OC(C)(C)C)C(C)C(=O)OCc1ccccc1. The fourth-order valence-corrected chi connectivity index (χ4v) is 2.07. The smallest absolute Gasteiger partial charge is 0.411 e. The Labute approximate surface area is 144 Å². The van der Waals surface area contributed by atoms with Crippen molar-refractivity contribution < 1.29 is 19.1 Å². The Bertz CT molecular complexity index is 522. The third-order valence-electron chi connectivity index (χ3n) is 3.41. The van der Waals surface area contributed by atoms with Crippen LogP contribution in [0.2, 0.25) is 0 Å². The minimum atomic E-state index is -0.685. The molecular weight excluding hydrogens is 306 g/mol. The summed E-state index contributed by atoms with van der Waals surface area (Å²) in [7, 11) is 0.